The van der Waals surface area contributed by atoms with E-state index in [1.165, 1.54) is 0 Å². The van der Waals surface area contributed by atoms with E-state index in [1.54, 1.807) is 17.8 Å². The van der Waals surface area contributed by atoms with E-state index in [9.17, 15) is 10.1 Å². The van der Waals surface area contributed by atoms with Gasteiger partial charge in [-0.05, 0) is 18.4 Å². The van der Waals surface area contributed by atoms with Gasteiger partial charge in [0, 0.05) is 11.8 Å². The third kappa shape index (κ3) is 3.53. The first-order valence-electron chi connectivity index (χ1n) is 7.25. The molecule has 1 N–H and O–H groups in total. The molecule has 5 heteroatoms. The zero-order chi connectivity index (χ0) is 16.2. The molecule has 2 aromatic rings. The number of aromatic nitrogens is 2. The number of hydrogen-bond donors (Lipinski definition) is 1. The predicted molar refractivity (Wildman–Crippen MR) is 84.7 cm³/mol. The fraction of sp³-hybridized carbons (Fsp3) is 0.353. The molecule has 0 fully saturated rings. The van der Waals surface area contributed by atoms with E-state index < -0.39 is 5.54 Å². The van der Waals surface area contributed by atoms with E-state index in [0.29, 0.717) is 0 Å². The number of nitriles is 1. The van der Waals surface area contributed by atoms with Crippen molar-refractivity contribution in [2.75, 3.05) is 0 Å². The summed E-state index contributed by atoms with van der Waals surface area (Å²) >= 11 is 0. The highest BCUT2D eigenvalue weighted by Crippen LogP contribution is 2.18. The van der Waals surface area contributed by atoms with Crippen molar-refractivity contribution in [1.29, 1.82) is 5.26 Å². The van der Waals surface area contributed by atoms with Gasteiger partial charge in [0.2, 0.25) is 5.91 Å². The van der Waals surface area contributed by atoms with Crippen molar-refractivity contribution in [2.45, 2.75) is 32.9 Å². The second-order valence-corrected chi connectivity index (χ2v) is 5.81. The predicted octanol–water partition coefficient (Wildman–Crippen LogP) is 2.60. The number of nitrogens with zero attached hydrogens (tertiary/aromatic N) is 3. The molecule has 1 aromatic heterocycles. The monoisotopic (exact) mass is 296 g/mol. The van der Waals surface area contributed by atoms with Crippen LogP contribution in [0.4, 0.5) is 0 Å². The van der Waals surface area contributed by atoms with Crippen LogP contribution in [0.1, 0.15) is 20.8 Å². The molecule has 0 aliphatic carbocycles. The Kier molecular flexibility index (Phi) is 4.62. The Morgan fingerprint density at radius 1 is 1.36 bits per heavy atom. The van der Waals surface area contributed by atoms with Gasteiger partial charge in [-0.3, -0.25) is 9.48 Å². The standard InChI is InChI=1S/C17H20N4O/c1-13(2)17(3,12-18)20-16(22)11-21-10-15(9-19-21)14-7-5-4-6-8-14/h4-10,13H,11H2,1-3H3,(H,20,22)/t17-/m1/s1. The van der Waals surface area contributed by atoms with E-state index in [1.807, 2.05) is 50.4 Å². The van der Waals surface area contributed by atoms with Crippen LogP contribution in [0, 0.1) is 17.2 Å². The molecule has 0 saturated heterocycles. The van der Waals surface area contributed by atoms with Crippen molar-refractivity contribution in [2.24, 2.45) is 5.92 Å². The van der Waals surface area contributed by atoms with Crippen LogP contribution in [-0.2, 0) is 11.3 Å². The average molecular weight is 296 g/mol. The molecule has 0 spiro atoms. The lowest BCUT2D eigenvalue weighted by Crippen LogP contribution is -2.49. The highest BCUT2D eigenvalue weighted by Gasteiger charge is 2.29. The first kappa shape index (κ1) is 15.8. The summed E-state index contributed by atoms with van der Waals surface area (Å²) in [7, 11) is 0. The second-order valence-electron chi connectivity index (χ2n) is 5.81. The van der Waals surface area contributed by atoms with Crippen molar-refractivity contribution in [3.05, 3.63) is 42.7 Å². The largest absolute Gasteiger partial charge is 0.336 e. The molecule has 1 aromatic carbocycles. The van der Waals surface area contributed by atoms with Gasteiger partial charge in [0.05, 0.1) is 12.3 Å². The van der Waals surface area contributed by atoms with Gasteiger partial charge >= 0.3 is 0 Å². The lowest BCUT2D eigenvalue weighted by Gasteiger charge is -2.27. The number of amides is 1. The summed E-state index contributed by atoms with van der Waals surface area (Å²) in [5.74, 6) is -0.195. The number of rotatable bonds is 5. The quantitative estimate of drug-likeness (QED) is 0.922. The van der Waals surface area contributed by atoms with Gasteiger partial charge in [-0.1, -0.05) is 44.2 Å². The fourth-order valence-corrected chi connectivity index (χ4v) is 2.01. The average Bonchev–Trinajstić information content (AvgIpc) is 2.96. The van der Waals surface area contributed by atoms with Gasteiger partial charge < -0.3 is 5.32 Å². The summed E-state index contributed by atoms with van der Waals surface area (Å²) in [6, 6.07) is 12.0. The van der Waals surface area contributed by atoms with Crippen molar-refractivity contribution >= 4 is 5.91 Å². The zero-order valence-corrected chi connectivity index (χ0v) is 13.1. The highest BCUT2D eigenvalue weighted by atomic mass is 16.2. The summed E-state index contributed by atoms with van der Waals surface area (Å²) in [5.41, 5.74) is 1.14. The molecule has 114 valence electrons. The Morgan fingerprint density at radius 2 is 2.05 bits per heavy atom. The first-order valence-corrected chi connectivity index (χ1v) is 7.25. The van der Waals surface area contributed by atoms with E-state index in [-0.39, 0.29) is 18.4 Å². The molecule has 1 atom stereocenters. The molecule has 0 radical (unpaired) electrons. The Labute approximate surface area is 130 Å². The summed E-state index contributed by atoms with van der Waals surface area (Å²) in [5, 5.41) is 16.2. The van der Waals surface area contributed by atoms with E-state index in [2.05, 4.69) is 16.5 Å². The van der Waals surface area contributed by atoms with Crippen LogP contribution in [-0.4, -0.2) is 21.2 Å². The van der Waals surface area contributed by atoms with Gasteiger partial charge in [-0.25, -0.2) is 0 Å². The Morgan fingerprint density at radius 3 is 2.64 bits per heavy atom. The Hall–Kier alpha value is -2.61. The third-order valence-corrected chi connectivity index (χ3v) is 3.83. The minimum atomic E-state index is -0.869. The fourth-order valence-electron chi connectivity index (χ4n) is 2.01. The maximum absolute atomic E-state index is 12.1. The molecule has 0 aliphatic heterocycles. The smallest absolute Gasteiger partial charge is 0.242 e. The van der Waals surface area contributed by atoms with E-state index in [0.717, 1.165) is 11.1 Å². The minimum Gasteiger partial charge on any atom is -0.336 e. The maximum atomic E-state index is 12.1. The molecular weight excluding hydrogens is 276 g/mol. The SMILES string of the molecule is CC(C)[C@@](C)(C#N)NC(=O)Cn1cc(-c2ccccc2)cn1. The topological polar surface area (TPSA) is 70.7 Å². The number of nitrogens with one attached hydrogen (secondary N) is 1. The zero-order valence-electron chi connectivity index (χ0n) is 13.1. The first-order chi connectivity index (χ1) is 10.4. The van der Waals surface area contributed by atoms with Crippen molar-refractivity contribution in [3.63, 3.8) is 0 Å². The molecule has 22 heavy (non-hydrogen) atoms. The molecule has 0 bridgehead atoms. The third-order valence-electron chi connectivity index (χ3n) is 3.83. The van der Waals surface area contributed by atoms with Crippen LogP contribution < -0.4 is 5.32 Å². The van der Waals surface area contributed by atoms with Gasteiger partial charge in [-0.2, -0.15) is 10.4 Å². The molecular formula is C17H20N4O. The van der Waals surface area contributed by atoms with Crippen LogP contribution in [0.3, 0.4) is 0 Å². The van der Waals surface area contributed by atoms with Crippen LogP contribution in [0.5, 0.6) is 0 Å². The summed E-state index contributed by atoms with van der Waals surface area (Å²) < 4.78 is 1.58. The maximum Gasteiger partial charge on any atom is 0.242 e. The second kappa shape index (κ2) is 6.44. The number of carbonyl (C=O) groups is 1. The van der Waals surface area contributed by atoms with Gasteiger partial charge in [0.25, 0.3) is 0 Å². The molecule has 5 nitrogen and oxygen atoms in total. The van der Waals surface area contributed by atoms with Crippen molar-refractivity contribution in [3.8, 4) is 17.2 Å². The lowest BCUT2D eigenvalue weighted by atomic mass is 9.90. The molecule has 1 amide bonds. The minimum absolute atomic E-state index is 0.0268. The van der Waals surface area contributed by atoms with Crippen LogP contribution in [0.2, 0.25) is 0 Å². The van der Waals surface area contributed by atoms with Gasteiger partial charge in [0.1, 0.15) is 12.1 Å². The van der Waals surface area contributed by atoms with Gasteiger partial charge in [0.15, 0.2) is 0 Å². The summed E-state index contributed by atoms with van der Waals surface area (Å²) in [4.78, 5) is 12.1. The van der Waals surface area contributed by atoms with Crippen LogP contribution >= 0.6 is 0 Å². The number of hydrogen-bond acceptors (Lipinski definition) is 3. The lowest BCUT2D eigenvalue weighted by molar-refractivity contribution is -0.123. The van der Waals surface area contributed by atoms with E-state index in [4.69, 9.17) is 0 Å². The highest BCUT2D eigenvalue weighted by molar-refractivity contribution is 5.77. The Balaban J connectivity index is 2.05. The molecule has 2 rings (SSSR count). The van der Waals surface area contributed by atoms with Crippen LogP contribution in [0.15, 0.2) is 42.7 Å². The van der Waals surface area contributed by atoms with Gasteiger partial charge in [-0.15, -0.1) is 0 Å². The van der Waals surface area contributed by atoms with E-state index >= 15 is 0 Å². The summed E-state index contributed by atoms with van der Waals surface area (Å²) in [6.45, 7) is 5.64. The Bertz CT molecular complexity index is 684. The normalized spacial score (nSPS) is 13.4. The molecule has 0 aliphatic rings. The molecule has 0 unspecified atom stereocenters. The van der Waals surface area contributed by atoms with Crippen molar-refractivity contribution in [1.82, 2.24) is 15.1 Å². The molecule has 0 saturated carbocycles. The number of benzene rings is 1. The summed E-state index contributed by atoms with van der Waals surface area (Å²) in [6.07, 6.45) is 3.56. The molecule has 1 heterocycles. The van der Waals surface area contributed by atoms with Crippen molar-refractivity contribution < 1.29 is 4.79 Å². The van der Waals surface area contributed by atoms with Crippen LogP contribution in [0.25, 0.3) is 11.1 Å². The number of carbonyl (C=O) groups excluding carboxylic acids is 1.